The molecule has 0 unspecified atom stereocenters. The van der Waals surface area contributed by atoms with Gasteiger partial charge in [0.15, 0.2) is 0 Å². The van der Waals surface area contributed by atoms with E-state index in [0.717, 1.165) is 18.4 Å². The van der Waals surface area contributed by atoms with E-state index in [4.69, 9.17) is 17.2 Å². The Bertz CT molecular complexity index is 288. The lowest BCUT2D eigenvalue weighted by Gasteiger charge is -2.32. The van der Waals surface area contributed by atoms with E-state index in [1.165, 1.54) is 122 Å². The van der Waals surface area contributed by atoms with Crippen molar-refractivity contribution in [1.29, 1.82) is 0 Å². The maximum Gasteiger partial charge on any atom is 0.00390 e. The smallest absolute Gasteiger partial charge is 0.00390 e. The van der Waals surface area contributed by atoms with Crippen molar-refractivity contribution in [3.05, 3.63) is 0 Å². The van der Waals surface area contributed by atoms with Gasteiger partial charge in [-0.05, 0) is 82.6 Å². The van der Waals surface area contributed by atoms with Crippen LogP contribution in [0.1, 0.15) is 129 Å². The number of unbranched alkanes of at least 4 members (excludes halogenated alkanes) is 9. The first kappa shape index (κ1) is 25.9. The highest BCUT2D eigenvalue weighted by atomic mass is 14.6. The van der Waals surface area contributed by atoms with Gasteiger partial charge in [-0.1, -0.05) is 64.7 Å². The lowest BCUT2D eigenvalue weighted by Crippen LogP contribution is -2.30. The van der Waals surface area contributed by atoms with E-state index in [-0.39, 0.29) is 0 Å². The van der Waals surface area contributed by atoms with Gasteiger partial charge >= 0.3 is 0 Å². The molecule has 2 saturated carbocycles. The van der Waals surface area contributed by atoms with E-state index < -0.39 is 0 Å². The summed E-state index contributed by atoms with van der Waals surface area (Å²) < 4.78 is 0. The molecule has 2 fully saturated rings. The first-order valence-electron chi connectivity index (χ1n) is 12.9. The topological polar surface area (TPSA) is 78.1 Å². The summed E-state index contributed by atoms with van der Waals surface area (Å²) in [5, 5.41) is 0. The van der Waals surface area contributed by atoms with Gasteiger partial charge in [0.25, 0.3) is 0 Å². The van der Waals surface area contributed by atoms with Crippen LogP contribution in [0.5, 0.6) is 0 Å². The third-order valence-corrected chi connectivity index (χ3v) is 7.01. The quantitative estimate of drug-likeness (QED) is 0.340. The van der Waals surface area contributed by atoms with Crippen LogP contribution in [0, 0.1) is 11.8 Å². The maximum atomic E-state index is 5.93. The summed E-state index contributed by atoms with van der Waals surface area (Å²) in [6.45, 7) is 3.14. The molecule has 0 aromatic carbocycles. The molecule has 2 aliphatic carbocycles. The van der Waals surface area contributed by atoms with Gasteiger partial charge < -0.3 is 17.2 Å². The van der Waals surface area contributed by atoms with Gasteiger partial charge in [-0.3, -0.25) is 0 Å². The fraction of sp³-hybridized carbons (Fsp3) is 1.00. The third kappa shape index (κ3) is 14.0. The third-order valence-electron chi connectivity index (χ3n) is 7.01. The highest BCUT2D eigenvalue weighted by Crippen LogP contribution is 2.34. The van der Waals surface area contributed by atoms with E-state index in [0.29, 0.717) is 12.1 Å². The van der Waals surface area contributed by atoms with Crippen LogP contribution in [0.2, 0.25) is 0 Å². The zero-order valence-corrected chi connectivity index (χ0v) is 19.2. The molecule has 168 valence electrons. The summed E-state index contributed by atoms with van der Waals surface area (Å²) in [7, 11) is 0. The van der Waals surface area contributed by atoms with Crippen molar-refractivity contribution in [1.82, 2.24) is 0 Å². The molecule has 2 rings (SSSR count). The van der Waals surface area contributed by atoms with Gasteiger partial charge in [0, 0.05) is 12.1 Å². The molecule has 0 atom stereocenters. The Hall–Kier alpha value is -0.120. The molecule has 0 heterocycles. The number of nitrogens with two attached hydrogens (primary N) is 3. The van der Waals surface area contributed by atoms with Crippen LogP contribution >= 0.6 is 0 Å². The van der Waals surface area contributed by atoms with Crippen LogP contribution in [-0.2, 0) is 0 Å². The Labute approximate surface area is 177 Å². The number of hydrogen-bond donors (Lipinski definition) is 3. The number of rotatable bonds is 12. The second kappa shape index (κ2) is 17.7. The summed E-state index contributed by atoms with van der Waals surface area (Å²) in [4.78, 5) is 0. The Morgan fingerprint density at radius 3 is 1.25 bits per heavy atom. The fourth-order valence-electron chi connectivity index (χ4n) is 4.95. The highest BCUT2D eigenvalue weighted by molar-refractivity contribution is 4.80. The van der Waals surface area contributed by atoms with Crippen molar-refractivity contribution in [3.8, 4) is 0 Å². The Balaban J connectivity index is 0.000000284. The Morgan fingerprint density at radius 1 is 0.536 bits per heavy atom. The summed E-state index contributed by atoms with van der Waals surface area (Å²) in [5.41, 5.74) is 17.3. The van der Waals surface area contributed by atoms with Gasteiger partial charge in [-0.2, -0.15) is 0 Å². The molecule has 3 heteroatoms. The van der Waals surface area contributed by atoms with Gasteiger partial charge in [-0.25, -0.2) is 0 Å². The normalized spacial score (nSPS) is 27.9. The Morgan fingerprint density at radius 2 is 0.893 bits per heavy atom. The van der Waals surface area contributed by atoms with Crippen LogP contribution < -0.4 is 17.2 Å². The van der Waals surface area contributed by atoms with Crippen LogP contribution in [0.3, 0.4) is 0 Å². The SMILES string of the molecule is CCCCCCCCCCCCN.NC1CCC(CC2CCC(N)CC2)CC1. The Kier molecular flexibility index (Phi) is 16.4. The molecule has 0 radical (unpaired) electrons. The summed E-state index contributed by atoms with van der Waals surface area (Å²) in [6.07, 6.45) is 25.9. The van der Waals surface area contributed by atoms with E-state index in [9.17, 15) is 0 Å². The molecule has 0 bridgehead atoms. The van der Waals surface area contributed by atoms with Crippen LogP contribution in [-0.4, -0.2) is 18.6 Å². The molecule has 0 spiro atoms. The van der Waals surface area contributed by atoms with E-state index in [2.05, 4.69) is 6.92 Å². The van der Waals surface area contributed by atoms with Crippen molar-refractivity contribution in [2.24, 2.45) is 29.0 Å². The summed E-state index contributed by atoms with van der Waals surface area (Å²) in [6, 6.07) is 1.00. The molecule has 0 saturated heterocycles. The predicted octanol–water partition coefficient (Wildman–Crippen LogP) is 6.28. The van der Waals surface area contributed by atoms with Crippen molar-refractivity contribution in [2.75, 3.05) is 6.54 Å². The monoisotopic (exact) mass is 395 g/mol. The first-order chi connectivity index (χ1) is 13.7. The number of hydrogen-bond acceptors (Lipinski definition) is 3. The molecule has 0 aromatic heterocycles. The lowest BCUT2D eigenvalue weighted by atomic mass is 9.76. The van der Waals surface area contributed by atoms with Gasteiger partial charge in [-0.15, -0.1) is 0 Å². The second-order valence-electron chi connectivity index (χ2n) is 9.77. The van der Waals surface area contributed by atoms with Crippen LogP contribution in [0.4, 0.5) is 0 Å². The second-order valence-corrected chi connectivity index (χ2v) is 9.77. The zero-order chi connectivity index (χ0) is 20.5. The molecule has 0 amide bonds. The molecule has 28 heavy (non-hydrogen) atoms. The summed E-state index contributed by atoms with van der Waals surface area (Å²) >= 11 is 0. The van der Waals surface area contributed by atoms with E-state index in [1.54, 1.807) is 0 Å². The fourth-order valence-corrected chi connectivity index (χ4v) is 4.95. The largest absolute Gasteiger partial charge is 0.330 e. The predicted molar refractivity (Wildman–Crippen MR) is 125 cm³/mol. The molecule has 2 aliphatic rings. The standard InChI is InChI=1S/C13H26N2.C12H27N/c14-12-5-1-10(2-6-12)9-11-3-7-13(15)8-4-11;1-2-3-4-5-6-7-8-9-10-11-12-13/h10-13H,1-9,14-15H2;2-13H2,1H3. The zero-order valence-electron chi connectivity index (χ0n) is 19.2. The molecule has 3 nitrogen and oxygen atoms in total. The average molecular weight is 396 g/mol. The van der Waals surface area contributed by atoms with Crippen LogP contribution in [0.15, 0.2) is 0 Å². The summed E-state index contributed by atoms with van der Waals surface area (Å²) in [5.74, 6) is 1.95. The average Bonchev–Trinajstić information content (AvgIpc) is 2.71. The first-order valence-corrected chi connectivity index (χ1v) is 12.9. The minimum absolute atomic E-state index is 0.501. The minimum Gasteiger partial charge on any atom is -0.330 e. The molecule has 6 N–H and O–H groups in total. The van der Waals surface area contributed by atoms with E-state index >= 15 is 0 Å². The molecular formula is C25H53N3. The van der Waals surface area contributed by atoms with Gasteiger partial charge in [0.05, 0.1) is 0 Å². The van der Waals surface area contributed by atoms with Gasteiger partial charge in [0.2, 0.25) is 0 Å². The van der Waals surface area contributed by atoms with Crippen molar-refractivity contribution >= 4 is 0 Å². The maximum absolute atomic E-state index is 5.93. The van der Waals surface area contributed by atoms with Crippen molar-refractivity contribution in [3.63, 3.8) is 0 Å². The van der Waals surface area contributed by atoms with Crippen molar-refractivity contribution < 1.29 is 0 Å². The molecular weight excluding hydrogens is 342 g/mol. The molecule has 0 aliphatic heterocycles. The van der Waals surface area contributed by atoms with E-state index in [1.807, 2.05) is 0 Å². The molecule has 0 aromatic rings. The van der Waals surface area contributed by atoms with Crippen molar-refractivity contribution in [2.45, 2.75) is 141 Å². The highest BCUT2D eigenvalue weighted by Gasteiger charge is 2.24. The minimum atomic E-state index is 0.501. The van der Waals surface area contributed by atoms with Gasteiger partial charge in [0.1, 0.15) is 0 Å². The lowest BCUT2D eigenvalue weighted by molar-refractivity contribution is 0.225. The van der Waals surface area contributed by atoms with Crippen LogP contribution in [0.25, 0.3) is 0 Å².